The third kappa shape index (κ3) is 5.45. The number of phenols is 1. The Morgan fingerprint density at radius 3 is 2.39 bits per heavy atom. The van der Waals surface area contributed by atoms with E-state index in [1.807, 2.05) is 72.8 Å². The number of carbonyl (C=O) groups excluding carboxylic acids is 3. The zero-order chi connectivity index (χ0) is 28.3. The molecule has 0 saturated carbocycles. The van der Waals surface area contributed by atoms with Crippen molar-refractivity contribution in [2.45, 2.75) is 38.1 Å². The van der Waals surface area contributed by atoms with E-state index in [-0.39, 0.29) is 49.5 Å². The van der Waals surface area contributed by atoms with Gasteiger partial charge in [0.15, 0.2) is 0 Å². The number of rotatable bonds is 6. The predicted octanol–water partition coefficient (Wildman–Crippen LogP) is 4.27. The Morgan fingerprint density at radius 2 is 1.59 bits per heavy atom. The van der Waals surface area contributed by atoms with Crippen LogP contribution in [0.5, 0.6) is 5.75 Å². The Labute approximate surface area is 238 Å². The summed E-state index contributed by atoms with van der Waals surface area (Å²) in [5.74, 6) is -0.152. The molecule has 41 heavy (non-hydrogen) atoms. The van der Waals surface area contributed by atoms with Crippen LogP contribution >= 0.6 is 0 Å². The van der Waals surface area contributed by atoms with Gasteiger partial charge < -0.3 is 25.1 Å². The summed E-state index contributed by atoms with van der Waals surface area (Å²) in [6, 6.07) is 29.4. The summed E-state index contributed by atoms with van der Waals surface area (Å²) >= 11 is 0. The Kier molecular flexibility index (Phi) is 7.29. The van der Waals surface area contributed by atoms with E-state index in [9.17, 15) is 19.5 Å². The van der Waals surface area contributed by atoms with Crippen molar-refractivity contribution in [2.75, 3.05) is 13.1 Å². The molecule has 8 heteroatoms. The monoisotopic (exact) mass is 548 g/mol. The molecule has 0 spiro atoms. The topological polar surface area (TPSA) is 93.2 Å². The maximum atomic E-state index is 14.1. The molecule has 2 aliphatic rings. The molecule has 4 aromatic rings. The molecule has 0 aliphatic carbocycles. The van der Waals surface area contributed by atoms with Crippen molar-refractivity contribution >= 4 is 28.6 Å². The Bertz CT molecular complexity index is 1570. The van der Waals surface area contributed by atoms with Gasteiger partial charge in [0.2, 0.25) is 11.8 Å². The number of nitrogens with zero attached hydrogens (tertiary/aromatic N) is 3. The van der Waals surface area contributed by atoms with Crippen LogP contribution in [0.25, 0.3) is 10.8 Å². The SMILES string of the molecule is O=C1[C@@H](Cc2ccc(O)cc2)N2C(=O)CCN(C(=O)NCc3ccccc3)[C@H]2CN1Cc1cccc2ccccc12. The minimum Gasteiger partial charge on any atom is -0.508 e. The molecule has 2 N–H and O–H groups in total. The number of hydrogen-bond acceptors (Lipinski definition) is 4. The Hall–Kier alpha value is -4.85. The first kappa shape index (κ1) is 26.4. The van der Waals surface area contributed by atoms with Crippen LogP contribution in [-0.4, -0.2) is 62.9 Å². The van der Waals surface area contributed by atoms with Crippen molar-refractivity contribution in [3.8, 4) is 5.75 Å². The maximum absolute atomic E-state index is 14.1. The molecule has 4 amide bonds. The number of aromatic hydroxyl groups is 1. The lowest BCUT2D eigenvalue weighted by Crippen LogP contribution is -2.72. The van der Waals surface area contributed by atoms with Crippen molar-refractivity contribution in [3.63, 3.8) is 0 Å². The standard InChI is InChI=1S/C33H32N4O4/c38-27-15-13-23(14-16-27)19-29-32(40)35(21-26-11-6-10-25-9-4-5-12-28(25)26)22-30-36(18-17-31(39)37(29)30)33(41)34-20-24-7-2-1-3-8-24/h1-16,29-30,38H,17-22H2,(H,34,41)/t29-,30-/m1/s1. The number of nitrogens with one attached hydrogen (secondary N) is 1. The largest absolute Gasteiger partial charge is 0.508 e. The molecule has 2 saturated heterocycles. The van der Waals surface area contributed by atoms with Crippen LogP contribution in [0.2, 0.25) is 0 Å². The number of benzene rings is 4. The highest BCUT2D eigenvalue weighted by atomic mass is 16.3. The average molecular weight is 549 g/mol. The minimum absolute atomic E-state index is 0.134. The normalized spacial score (nSPS) is 18.9. The van der Waals surface area contributed by atoms with E-state index in [2.05, 4.69) is 5.32 Å². The van der Waals surface area contributed by atoms with Gasteiger partial charge in [0.25, 0.3) is 0 Å². The highest BCUT2D eigenvalue weighted by molar-refractivity contribution is 5.92. The third-order valence-corrected chi connectivity index (χ3v) is 8.01. The number of fused-ring (bicyclic) bond motifs is 2. The molecule has 208 valence electrons. The van der Waals surface area contributed by atoms with Crippen molar-refractivity contribution in [3.05, 3.63) is 114 Å². The number of carbonyl (C=O) groups is 3. The van der Waals surface area contributed by atoms with Gasteiger partial charge in [0.05, 0.1) is 6.54 Å². The molecular weight excluding hydrogens is 516 g/mol. The number of piperazine rings is 1. The van der Waals surface area contributed by atoms with Crippen LogP contribution in [0.15, 0.2) is 97.1 Å². The molecule has 2 atom stereocenters. The van der Waals surface area contributed by atoms with Gasteiger partial charge in [-0.05, 0) is 39.6 Å². The lowest BCUT2D eigenvalue weighted by molar-refractivity contribution is -0.167. The molecule has 8 nitrogen and oxygen atoms in total. The third-order valence-electron chi connectivity index (χ3n) is 8.01. The Balaban J connectivity index is 1.32. The summed E-state index contributed by atoms with van der Waals surface area (Å²) in [4.78, 5) is 46.0. The van der Waals surface area contributed by atoms with E-state index < -0.39 is 12.2 Å². The van der Waals surface area contributed by atoms with Gasteiger partial charge in [-0.3, -0.25) is 9.59 Å². The molecule has 2 heterocycles. The summed E-state index contributed by atoms with van der Waals surface area (Å²) in [6.45, 7) is 1.23. The summed E-state index contributed by atoms with van der Waals surface area (Å²) in [6.07, 6.45) is -0.160. The number of hydrogen-bond donors (Lipinski definition) is 2. The fourth-order valence-corrected chi connectivity index (χ4v) is 5.93. The molecule has 2 fully saturated rings. The summed E-state index contributed by atoms with van der Waals surface area (Å²) in [5.41, 5.74) is 2.81. The molecule has 0 aromatic heterocycles. The summed E-state index contributed by atoms with van der Waals surface area (Å²) < 4.78 is 0. The first-order valence-electron chi connectivity index (χ1n) is 13.9. The average Bonchev–Trinajstić information content (AvgIpc) is 3.00. The van der Waals surface area contributed by atoms with E-state index in [4.69, 9.17) is 0 Å². The van der Waals surface area contributed by atoms with E-state index in [1.54, 1.807) is 39.0 Å². The maximum Gasteiger partial charge on any atom is 0.319 e. The number of urea groups is 1. The first-order chi connectivity index (χ1) is 20.0. The molecule has 6 rings (SSSR count). The smallest absolute Gasteiger partial charge is 0.319 e. The highest BCUT2D eigenvalue weighted by Gasteiger charge is 2.48. The second-order valence-electron chi connectivity index (χ2n) is 10.6. The van der Waals surface area contributed by atoms with Crippen molar-refractivity contribution < 1.29 is 19.5 Å². The van der Waals surface area contributed by atoms with Gasteiger partial charge in [0.1, 0.15) is 18.0 Å². The summed E-state index contributed by atoms with van der Waals surface area (Å²) in [5, 5.41) is 14.9. The highest BCUT2D eigenvalue weighted by Crippen LogP contribution is 2.30. The van der Waals surface area contributed by atoms with Crippen molar-refractivity contribution in [1.82, 2.24) is 20.0 Å². The van der Waals surface area contributed by atoms with Gasteiger partial charge in [-0.1, -0.05) is 84.9 Å². The summed E-state index contributed by atoms with van der Waals surface area (Å²) in [7, 11) is 0. The minimum atomic E-state index is -0.773. The van der Waals surface area contributed by atoms with Crippen LogP contribution in [0.1, 0.15) is 23.1 Å². The van der Waals surface area contributed by atoms with Crippen molar-refractivity contribution in [1.29, 1.82) is 0 Å². The van der Waals surface area contributed by atoms with Gasteiger partial charge >= 0.3 is 6.03 Å². The quantitative estimate of drug-likeness (QED) is 0.377. The number of phenolic OH excluding ortho intramolecular Hbond substituents is 1. The Morgan fingerprint density at radius 1 is 0.854 bits per heavy atom. The van der Waals surface area contributed by atoms with Crippen LogP contribution < -0.4 is 5.32 Å². The van der Waals surface area contributed by atoms with Crippen molar-refractivity contribution in [2.24, 2.45) is 0 Å². The molecule has 0 radical (unpaired) electrons. The van der Waals surface area contributed by atoms with Gasteiger partial charge in [0, 0.05) is 32.5 Å². The van der Waals surface area contributed by atoms with Gasteiger partial charge in [-0.2, -0.15) is 0 Å². The molecular formula is C33H32N4O4. The van der Waals surface area contributed by atoms with Gasteiger partial charge in [-0.15, -0.1) is 0 Å². The zero-order valence-electron chi connectivity index (χ0n) is 22.6. The zero-order valence-corrected chi connectivity index (χ0v) is 22.6. The molecule has 4 aromatic carbocycles. The lowest BCUT2D eigenvalue weighted by atomic mass is 9.96. The van der Waals surface area contributed by atoms with Crippen LogP contribution in [0, 0.1) is 0 Å². The van der Waals surface area contributed by atoms with Crippen LogP contribution in [0.3, 0.4) is 0 Å². The second kappa shape index (κ2) is 11.3. The van der Waals surface area contributed by atoms with E-state index in [1.165, 1.54) is 0 Å². The van der Waals surface area contributed by atoms with Crippen LogP contribution in [0.4, 0.5) is 4.79 Å². The fraction of sp³-hybridized carbons (Fsp3) is 0.242. The van der Waals surface area contributed by atoms with E-state index in [0.717, 1.165) is 27.5 Å². The van der Waals surface area contributed by atoms with E-state index in [0.29, 0.717) is 13.1 Å². The second-order valence-corrected chi connectivity index (χ2v) is 10.6. The fourth-order valence-electron chi connectivity index (χ4n) is 5.93. The van der Waals surface area contributed by atoms with E-state index >= 15 is 0 Å². The molecule has 2 aliphatic heterocycles. The predicted molar refractivity (Wildman–Crippen MR) is 156 cm³/mol. The first-order valence-corrected chi connectivity index (χ1v) is 13.9. The number of amides is 4. The molecule has 0 unspecified atom stereocenters. The lowest BCUT2D eigenvalue weighted by Gasteiger charge is -2.52. The van der Waals surface area contributed by atoms with Gasteiger partial charge in [-0.25, -0.2) is 4.79 Å². The van der Waals surface area contributed by atoms with Crippen LogP contribution in [-0.2, 0) is 29.1 Å². The molecule has 0 bridgehead atoms.